The predicted molar refractivity (Wildman–Crippen MR) is 107 cm³/mol. The molecule has 0 aliphatic rings. The van der Waals surface area contributed by atoms with E-state index in [-0.39, 0.29) is 17.8 Å². The molecule has 2 rings (SSSR count). The van der Waals surface area contributed by atoms with E-state index in [2.05, 4.69) is 5.32 Å². The minimum atomic E-state index is -0.411. The Balaban J connectivity index is 2.01. The number of benzene rings is 2. The lowest BCUT2D eigenvalue weighted by molar-refractivity contribution is -0.139. The second-order valence-electron chi connectivity index (χ2n) is 6.21. The van der Waals surface area contributed by atoms with E-state index in [9.17, 15) is 9.59 Å². The molecule has 0 radical (unpaired) electrons. The second-order valence-corrected chi connectivity index (χ2v) is 6.21. The molecule has 1 unspecified atom stereocenters. The fraction of sp³-hybridized carbons (Fsp3) is 0.286. The van der Waals surface area contributed by atoms with Gasteiger partial charge in [-0.3, -0.25) is 10.2 Å². The molecule has 2 aromatic carbocycles. The number of nitrogens with one attached hydrogen (secondary N) is 2. The fourth-order valence-corrected chi connectivity index (χ4v) is 2.68. The van der Waals surface area contributed by atoms with Crippen LogP contribution in [0, 0.1) is 11.3 Å². The maximum atomic E-state index is 12.5. The lowest BCUT2D eigenvalue weighted by Gasteiger charge is -2.15. The zero-order chi connectivity index (χ0) is 20.5. The molecular weight excluding hydrogens is 358 g/mol. The normalized spacial score (nSPS) is 11.4. The molecule has 4 N–H and O–H groups in total. The minimum absolute atomic E-state index is 0.144. The van der Waals surface area contributed by atoms with Crippen molar-refractivity contribution in [2.45, 2.75) is 26.7 Å². The summed E-state index contributed by atoms with van der Waals surface area (Å²) in [5, 5.41) is 10.0. The Morgan fingerprint density at radius 2 is 1.86 bits per heavy atom. The van der Waals surface area contributed by atoms with E-state index in [0.717, 1.165) is 5.56 Å². The van der Waals surface area contributed by atoms with Crippen LogP contribution < -0.4 is 15.8 Å². The summed E-state index contributed by atoms with van der Waals surface area (Å²) in [6, 6.07) is 13.7. The fourth-order valence-electron chi connectivity index (χ4n) is 2.68. The van der Waals surface area contributed by atoms with Gasteiger partial charge < -0.3 is 20.5 Å². The lowest BCUT2D eigenvalue weighted by atomic mass is 9.96. The average molecular weight is 383 g/mol. The van der Waals surface area contributed by atoms with Gasteiger partial charge in [0.25, 0.3) is 0 Å². The Labute approximate surface area is 164 Å². The number of guanidine groups is 1. The molecule has 0 fully saturated rings. The molecule has 0 saturated carbocycles. The van der Waals surface area contributed by atoms with E-state index in [4.69, 9.17) is 20.6 Å². The number of hydrogen-bond donors (Lipinski definition) is 3. The van der Waals surface area contributed by atoms with Gasteiger partial charge in [0.15, 0.2) is 5.96 Å². The first-order valence-corrected chi connectivity index (χ1v) is 9.11. The number of rotatable bonds is 8. The number of anilines is 1. The summed E-state index contributed by atoms with van der Waals surface area (Å²) in [7, 11) is 0. The number of carbonyl (C=O) groups excluding carboxylic acids is 2. The van der Waals surface area contributed by atoms with Crippen LogP contribution in [0.1, 0.15) is 36.2 Å². The molecular formula is C21H25N3O4. The van der Waals surface area contributed by atoms with E-state index in [0.29, 0.717) is 36.4 Å². The molecule has 0 bridgehead atoms. The summed E-state index contributed by atoms with van der Waals surface area (Å²) in [5.74, 6) is -0.835. The van der Waals surface area contributed by atoms with Crippen molar-refractivity contribution in [2.75, 3.05) is 11.9 Å². The van der Waals surface area contributed by atoms with Crippen molar-refractivity contribution in [3.63, 3.8) is 0 Å². The van der Waals surface area contributed by atoms with Crippen molar-refractivity contribution in [3.05, 3.63) is 59.7 Å². The van der Waals surface area contributed by atoms with Crippen molar-refractivity contribution in [3.8, 4) is 5.75 Å². The molecule has 28 heavy (non-hydrogen) atoms. The van der Waals surface area contributed by atoms with Gasteiger partial charge in [0, 0.05) is 5.69 Å². The first-order valence-electron chi connectivity index (χ1n) is 9.11. The topological polar surface area (TPSA) is 114 Å². The van der Waals surface area contributed by atoms with Crippen LogP contribution >= 0.6 is 0 Å². The van der Waals surface area contributed by atoms with Gasteiger partial charge in [-0.2, -0.15) is 0 Å². The first kappa shape index (κ1) is 21.0. The Hall–Kier alpha value is -3.35. The van der Waals surface area contributed by atoms with Gasteiger partial charge in [0.1, 0.15) is 5.75 Å². The van der Waals surface area contributed by atoms with Crippen molar-refractivity contribution < 1.29 is 19.1 Å². The third kappa shape index (κ3) is 6.12. The summed E-state index contributed by atoms with van der Waals surface area (Å²) in [6.45, 7) is 3.97. The van der Waals surface area contributed by atoms with Crippen LogP contribution in [0.4, 0.5) is 5.69 Å². The van der Waals surface area contributed by atoms with Gasteiger partial charge >= 0.3 is 11.9 Å². The van der Waals surface area contributed by atoms with Crippen LogP contribution in [-0.2, 0) is 16.0 Å². The van der Waals surface area contributed by atoms with Gasteiger partial charge in [0.2, 0.25) is 0 Å². The zero-order valence-corrected chi connectivity index (χ0v) is 16.0. The molecule has 0 amide bonds. The standard InChI is InChI=1S/C21H25N3O4/c1-3-15(12-14-6-5-7-17(13-14)24-21(22)23)20(26)28-18-10-8-16(9-11-18)19(25)27-4-2/h5-11,13,15H,3-4,12H2,1-2H3,(H4,22,23,24). The van der Waals surface area contributed by atoms with Crippen LogP contribution in [0.3, 0.4) is 0 Å². The number of carbonyl (C=O) groups is 2. The van der Waals surface area contributed by atoms with Crippen molar-refractivity contribution in [2.24, 2.45) is 11.7 Å². The Morgan fingerprint density at radius 3 is 2.46 bits per heavy atom. The molecule has 0 aliphatic heterocycles. The molecule has 0 saturated heterocycles. The van der Waals surface area contributed by atoms with E-state index in [1.54, 1.807) is 37.3 Å². The molecule has 0 heterocycles. The molecule has 0 spiro atoms. The number of ether oxygens (including phenoxy) is 2. The Kier molecular flexibility index (Phi) is 7.56. The SMILES string of the molecule is CCOC(=O)c1ccc(OC(=O)C(CC)Cc2cccc(NC(=N)N)c2)cc1. The van der Waals surface area contributed by atoms with E-state index >= 15 is 0 Å². The van der Waals surface area contributed by atoms with Crippen LogP contribution in [0.5, 0.6) is 5.75 Å². The highest BCUT2D eigenvalue weighted by atomic mass is 16.5. The molecule has 0 aliphatic carbocycles. The highest BCUT2D eigenvalue weighted by Gasteiger charge is 2.20. The second kappa shape index (κ2) is 10.1. The smallest absolute Gasteiger partial charge is 0.338 e. The first-order chi connectivity index (χ1) is 13.4. The van der Waals surface area contributed by atoms with Crippen LogP contribution in [0.15, 0.2) is 48.5 Å². The van der Waals surface area contributed by atoms with E-state index in [1.165, 1.54) is 0 Å². The average Bonchev–Trinajstić information content (AvgIpc) is 2.66. The van der Waals surface area contributed by atoms with Gasteiger partial charge in [-0.05, 0) is 61.7 Å². The summed E-state index contributed by atoms with van der Waals surface area (Å²) < 4.78 is 10.4. The monoisotopic (exact) mass is 383 g/mol. The van der Waals surface area contributed by atoms with E-state index in [1.807, 2.05) is 25.1 Å². The van der Waals surface area contributed by atoms with Crippen molar-refractivity contribution in [1.29, 1.82) is 5.41 Å². The van der Waals surface area contributed by atoms with E-state index < -0.39 is 5.97 Å². The quantitative estimate of drug-likeness (QED) is 0.279. The highest BCUT2D eigenvalue weighted by Crippen LogP contribution is 2.20. The molecule has 7 heteroatoms. The molecule has 7 nitrogen and oxygen atoms in total. The van der Waals surface area contributed by atoms with Gasteiger partial charge in [-0.1, -0.05) is 19.1 Å². The van der Waals surface area contributed by atoms with Gasteiger partial charge in [-0.15, -0.1) is 0 Å². The van der Waals surface area contributed by atoms with Crippen molar-refractivity contribution >= 4 is 23.6 Å². The van der Waals surface area contributed by atoms with Gasteiger partial charge in [-0.25, -0.2) is 4.79 Å². The van der Waals surface area contributed by atoms with Crippen LogP contribution in [-0.4, -0.2) is 24.5 Å². The molecule has 2 aromatic rings. The predicted octanol–water partition coefficient (Wildman–Crippen LogP) is 3.34. The minimum Gasteiger partial charge on any atom is -0.462 e. The van der Waals surface area contributed by atoms with Crippen LogP contribution in [0.25, 0.3) is 0 Å². The van der Waals surface area contributed by atoms with Crippen molar-refractivity contribution in [1.82, 2.24) is 0 Å². The summed E-state index contributed by atoms with van der Waals surface area (Å²) >= 11 is 0. The number of nitrogens with two attached hydrogens (primary N) is 1. The largest absolute Gasteiger partial charge is 0.462 e. The Bertz CT molecular complexity index is 834. The summed E-state index contributed by atoms with van der Waals surface area (Å²) in [4.78, 5) is 24.2. The molecule has 0 aromatic heterocycles. The maximum absolute atomic E-state index is 12.5. The lowest BCUT2D eigenvalue weighted by Crippen LogP contribution is -2.22. The third-order valence-electron chi connectivity index (χ3n) is 4.10. The zero-order valence-electron chi connectivity index (χ0n) is 16.0. The molecule has 148 valence electrons. The summed E-state index contributed by atoms with van der Waals surface area (Å²) in [5.41, 5.74) is 7.39. The van der Waals surface area contributed by atoms with Gasteiger partial charge in [0.05, 0.1) is 18.1 Å². The van der Waals surface area contributed by atoms with Crippen LogP contribution in [0.2, 0.25) is 0 Å². The summed E-state index contributed by atoms with van der Waals surface area (Å²) in [6.07, 6.45) is 1.12. The number of esters is 2. The highest BCUT2D eigenvalue weighted by molar-refractivity contribution is 5.90. The third-order valence-corrected chi connectivity index (χ3v) is 4.10. The maximum Gasteiger partial charge on any atom is 0.338 e. The Morgan fingerprint density at radius 1 is 1.14 bits per heavy atom. The number of hydrogen-bond acceptors (Lipinski definition) is 5. The molecule has 1 atom stereocenters.